The number of halogens is 1. The van der Waals surface area contributed by atoms with Crippen molar-refractivity contribution in [1.82, 2.24) is 0 Å². The molecule has 28 heavy (non-hydrogen) atoms. The Morgan fingerprint density at radius 2 is 1.64 bits per heavy atom. The molecule has 138 valence electrons. The van der Waals surface area contributed by atoms with E-state index in [1.807, 2.05) is 67.7 Å². The van der Waals surface area contributed by atoms with Crippen molar-refractivity contribution in [2.75, 3.05) is 0 Å². The van der Waals surface area contributed by atoms with Crippen LogP contribution < -0.4 is 4.74 Å². The summed E-state index contributed by atoms with van der Waals surface area (Å²) in [6.07, 6.45) is 1.88. The Morgan fingerprint density at radius 3 is 2.50 bits per heavy atom. The van der Waals surface area contributed by atoms with Crippen LogP contribution in [0.2, 0.25) is 5.02 Å². The smallest absolute Gasteiger partial charge is 0.129 e. The fourth-order valence-corrected chi connectivity index (χ4v) is 3.31. The molecule has 0 bridgehead atoms. The molecule has 0 N–H and O–H groups in total. The van der Waals surface area contributed by atoms with Crippen LogP contribution in [-0.4, -0.2) is 6.21 Å². The van der Waals surface area contributed by atoms with Gasteiger partial charge in [-0.3, -0.25) is 4.99 Å². The van der Waals surface area contributed by atoms with Gasteiger partial charge in [-0.15, -0.1) is 0 Å². The monoisotopic (exact) mass is 385 g/mol. The first-order valence-electron chi connectivity index (χ1n) is 9.20. The molecule has 0 saturated carbocycles. The highest BCUT2D eigenvalue weighted by atomic mass is 35.5. The SMILES string of the molecule is Cc1c(Cl)cccc1N=Cc1c(OCc2ccccc2)ccc2ccccc12. The van der Waals surface area contributed by atoms with Crippen molar-refractivity contribution < 1.29 is 4.74 Å². The minimum absolute atomic E-state index is 0.510. The zero-order chi connectivity index (χ0) is 19.3. The minimum atomic E-state index is 0.510. The van der Waals surface area contributed by atoms with Crippen LogP contribution in [0, 0.1) is 6.92 Å². The maximum Gasteiger partial charge on any atom is 0.129 e. The molecular formula is C25H20ClNO. The van der Waals surface area contributed by atoms with E-state index in [0.717, 1.165) is 38.9 Å². The molecule has 4 aromatic carbocycles. The first kappa shape index (κ1) is 18.3. The highest BCUT2D eigenvalue weighted by Gasteiger charge is 2.08. The maximum absolute atomic E-state index is 6.24. The Labute approximate surface area is 170 Å². The summed E-state index contributed by atoms with van der Waals surface area (Å²) < 4.78 is 6.16. The number of rotatable bonds is 5. The van der Waals surface area contributed by atoms with Crippen molar-refractivity contribution in [3.05, 3.63) is 107 Å². The van der Waals surface area contributed by atoms with E-state index in [1.54, 1.807) is 0 Å². The third-order valence-electron chi connectivity index (χ3n) is 4.74. The predicted octanol–water partition coefficient (Wildman–Crippen LogP) is 7.13. The molecule has 0 aliphatic carbocycles. The summed E-state index contributed by atoms with van der Waals surface area (Å²) >= 11 is 6.24. The van der Waals surface area contributed by atoms with Gasteiger partial charge in [-0.2, -0.15) is 0 Å². The fourth-order valence-electron chi connectivity index (χ4n) is 3.14. The van der Waals surface area contributed by atoms with Crippen molar-refractivity contribution in [1.29, 1.82) is 0 Å². The number of nitrogens with zero attached hydrogens (tertiary/aromatic N) is 1. The molecule has 0 aliphatic rings. The third kappa shape index (κ3) is 3.92. The van der Waals surface area contributed by atoms with Crippen molar-refractivity contribution in [3.63, 3.8) is 0 Å². The summed E-state index contributed by atoms with van der Waals surface area (Å²) in [5, 5.41) is 2.98. The Morgan fingerprint density at radius 1 is 0.857 bits per heavy atom. The molecule has 0 amide bonds. The van der Waals surface area contributed by atoms with Crippen LogP contribution in [0.1, 0.15) is 16.7 Å². The van der Waals surface area contributed by atoms with E-state index in [9.17, 15) is 0 Å². The third-order valence-corrected chi connectivity index (χ3v) is 5.15. The van der Waals surface area contributed by atoms with Gasteiger partial charge < -0.3 is 4.74 Å². The molecule has 0 radical (unpaired) electrons. The maximum atomic E-state index is 6.24. The van der Waals surface area contributed by atoms with Gasteiger partial charge in [0, 0.05) is 16.8 Å². The van der Waals surface area contributed by atoms with Crippen LogP contribution >= 0.6 is 11.6 Å². The lowest BCUT2D eigenvalue weighted by Gasteiger charge is -2.12. The summed E-state index contributed by atoms with van der Waals surface area (Å²) in [6.45, 7) is 2.49. The number of aliphatic imine (C=N–C) groups is 1. The first-order chi connectivity index (χ1) is 13.7. The van der Waals surface area contributed by atoms with Crippen molar-refractivity contribution in [3.8, 4) is 5.75 Å². The number of hydrogen-bond donors (Lipinski definition) is 0. The van der Waals surface area contributed by atoms with Crippen LogP contribution in [0.4, 0.5) is 5.69 Å². The van der Waals surface area contributed by atoms with Crippen LogP contribution in [0.5, 0.6) is 5.75 Å². The molecular weight excluding hydrogens is 366 g/mol. The van der Waals surface area contributed by atoms with E-state index >= 15 is 0 Å². The minimum Gasteiger partial charge on any atom is -0.488 e. The van der Waals surface area contributed by atoms with E-state index in [4.69, 9.17) is 21.3 Å². The summed E-state index contributed by atoms with van der Waals surface area (Å²) in [7, 11) is 0. The molecule has 0 unspecified atom stereocenters. The number of ether oxygens (including phenoxy) is 1. The van der Waals surface area contributed by atoms with Gasteiger partial charge in [-0.05, 0) is 47.0 Å². The molecule has 3 heteroatoms. The average Bonchev–Trinajstić information content (AvgIpc) is 2.74. The van der Waals surface area contributed by atoms with Gasteiger partial charge in [0.2, 0.25) is 0 Å². The summed E-state index contributed by atoms with van der Waals surface area (Å²) in [6, 6.07) is 28.3. The molecule has 0 aromatic heterocycles. The van der Waals surface area contributed by atoms with Gasteiger partial charge >= 0.3 is 0 Å². The van der Waals surface area contributed by atoms with Crippen LogP contribution in [-0.2, 0) is 6.61 Å². The lowest BCUT2D eigenvalue weighted by atomic mass is 10.0. The highest BCUT2D eigenvalue weighted by Crippen LogP contribution is 2.30. The average molecular weight is 386 g/mol. The topological polar surface area (TPSA) is 21.6 Å². The highest BCUT2D eigenvalue weighted by molar-refractivity contribution is 6.31. The Balaban J connectivity index is 1.73. The van der Waals surface area contributed by atoms with E-state index in [1.165, 1.54) is 0 Å². The molecule has 4 aromatic rings. The van der Waals surface area contributed by atoms with Gasteiger partial charge in [0.15, 0.2) is 0 Å². The fraction of sp³-hybridized carbons (Fsp3) is 0.0800. The quantitative estimate of drug-likeness (QED) is 0.335. The van der Waals surface area contributed by atoms with E-state index in [2.05, 4.69) is 30.3 Å². The summed E-state index contributed by atoms with van der Waals surface area (Å²) in [5.41, 5.74) is 3.92. The Hall–Kier alpha value is -3.10. The molecule has 0 heterocycles. The zero-order valence-corrected chi connectivity index (χ0v) is 16.4. The van der Waals surface area contributed by atoms with Crippen LogP contribution in [0.3, 0.4) is 0 Å². The lowest BCUT2D eigenvalue weighted by molar-refractivity contribution is 0.306. The van der Waals surface area contributed by atoms with Crippen molar-refractivity contribution in [2.45, 2.75) is 13.5 Å². The zero-order valence-electron chi connectivity index (χ0n) is 15.6. The molecule has 0 aliphatic heterocycles. The second-order valence-corrected chi connectivity index (χ2v) is 7.02. The molecule has 4 rings (SSSR count). The van der Waals surface area contributed by atoms with E-state index in [0.29, 0.717) is 11.6 Å². The molecule has 0 spiro atoms. The number of fused-ring (bicyclic) bond motifs is 1. The van der Waals surface area contributed by atoms with Gasteiger partial charge in [0.05, 0.1) is 5.69 Å². The van der Waals surface area contributed by atoms with Crippen LogP contribution in [0.25, 0.3) is 10.8 Å². The second kappa shape index (κ2) is 8.28. The normalized spacial score (nSPS) is 11.2. The number of hydrogen-bond acceptors (Lipinski definition) is 2. The molecule has 0 atom stereocenters. The summed E-state index contributed by atoms with van der Waals surface area (Å²) in [5.74, 6) is 0.811. The molecule has 2 nitrogen and oxygen atoms in total. The van der Waals surface area contributed by atoms with Gasteiger partial charge in [0.1, 0.15) is 12.4 Å². The van der Waals surface area contributed by atoms with Crippen molar-refractivity contribution >= 4 is 34.3 Å². The van der Waals surface area contributed by atoms with Crippen molar-refractivity contribution in [2.24, 2.45) is 4.99 Å². The van der Waals surface area contributed by atoms with Crippen LogP contribution in [0.15, 0.2) is 89.9 Å². The Bertz CT molecular complexity index is 1140. The van der Waals surface area contributed by atoms with E-state index in [-0.39, 0.29) is 0 Å². The lowest BCUT2D eigenvalue weighted by Crippen LogP contribution is -1.99. The van der Waals surface area contributed by atoms with E-state index < -0.39 is 0 Å². The number of benzene rings is 4. The first-order valence-corrected chi connectivity index (χ1v) is 9.58. The Kier molecular flexibility index (Phi) is 5.41. The standard InChI is InChI=1S/C25H20ClNO/c1-18-23(26)12-7-13-24(18)27-16-22-21-11-6-5-10-20(21)14-15-25(22)28-17-19-8-3-2-4-9-19/h2-16H,17H2,1H3. The van der Waals surface area contributed by atoms with Gasteiger partial charge in [0.25, 0.3) is 0 Å². The molecule has 0 saturated heterocycles. The largest absolute Gasteiger partial charge is 0.488 e. The predicted molar refractivity (Wildman–Crippen MR) is 118 cm³/mol. The van der Waals surface area contributed by atoms with Gasteiger partial charge in [-0.25, -0.2) is 0 Å². The molecule has 0 fully saturated rings. The summed E-state index contributed by atoms with van der Waals surface area (Å²) in [4.78, 5) is 4.71. The van der Waals surface area contributed by atoms with Gasteiger partial charge in [-0.1, -0.05) is 78.3 Å². The second-order valence-electron chi connectivity index (χ2n) is 6.61.